The fourth-order valence-corrected chi connectivity index (χ4v) is 3.50. The molecule has 1 saturated carbocycles. The molecule has 1 saturated heterocycles. The van der Waals surface area contributed by atoms with Gasteiger partial charge < -0.3 is 5.11 Å². The highest BCUT2D eigenvalue weighted by molar-refractivity contribution is 4.89. The molecule has 1 N–H and O–H groups in total. The Bertz CT molecular complexity index is 261. The predicted octanol–water partition coefficient (Wildman–Crippen LogP) is 1.95. The van der Waals surface area contributed by atoms with Gasteiger partial charge in [-0.1, -0.05) is 25.7 Å². The van der Waals surface area contributed by atoms with Crippen molar-refractivity contribution in [3.8, 4) is 0 Å². The molecule has 3 nitrogen and oxygen atoms in total. The van der Waals surface area contributed by atoms with Crippen molar-refractivity contribution in [1.29, 1.82) is 0 Å². The van der Waals surface area contributed by atoms with Crippen LogP contribution in [0.5, 0.6) is 0 Å². The summed E-state index contributed by atoms with van der Waals surface area (Å²) in [6.07, 6.45) is 6.33. The van der Waals surface area contributed by atoms with Crippen LogP contribution in [0.1, 0.15) is 46.0 Å². The monoisotopic (exact) mass is 254 g/mol. The van der Waals surface area contributed by atoms with Crippen molar-refractivity contribution in [2.24, 2.45) is 5.92 Å². The lowest BCUT2D eigenvalue weighted by Crippen LogP contribution is -2.58. The van der Waals surface area contributed by atoms with E-state index in [-0.39, 0.29) is 11.6 Å². The molecular weight excluding hydrogens is 224 g/mol. The van der Waals surface area contributed by atoms with Gasteiger partial charge in [-0.3, -0.25) is 9.80 Å². The third kappa shape index (κ3) is 3.69. The van der Waals surface area contributed by atoms with Crippen LogP contribution in [0.15, 0.2) is 0 Å². The van der Waals surface area contributed by atoms with E-state index in [0.29, 0.717) is 0 Å². The fourth-order valence-electron chi connectivity index (χ4n) is 3.50. The molecule has 1 atom stereocenters. The van der Waals surface area contributed by atoms with Gasteiger partial charge >= 0.3 is 0 Å². The average Bonchev–Trinajstić information content (AvgIpc) is 2.75. The topological polar surface area (TPSA) is 26.7 Å². The minimum Gasteiger partial charge on any atom is -0.392 e. The van der Waals surface area contributed by atoms with Crippen LogP contribution in [0.4, 0.5) is 0 Å². The highest BCUT2D eigenvalue weighted by Gasteiger charge is 2.32. The molecule has 2 fully saturated rings. The van der Waals surface area contributed by atoms with Gasteiger partial charge in [-0.05, 0) is 33.2 Å². The maximum atomic E-state index is 10.2. The maximum absolute atomic E-state index is 10.2. The van der Waals surface area contributed by atoms with Crippen LogP contribution in [0.3, 0.4) is 0 Å². The summed E-state index contributed by atoms with van der Waals surface area (Å²) in [6.45, 7) is 8.74. The van der Waals surface area contributed by atoms with Gasteiger partial charge in [0.1, 0.15) is 0 Å². The first kappa shape index (κ1) is 14.3. The van der Waals surface area contributed by atoms with Gasteiger partial charge in [0.05, 0.1) is 6.10 Å². The van der Waals surface area contributed by atoms with Crippen LogP contribution in [0.25, 0.3) is 0 Å². The van der Waals surface area contributed by atoms with Gasteiger partial charge in [0.25, 0.3) is 0 Å². The maximum Gasteiger partial charge on any atom is 0.0669 e. The quantitative estimate of drug-likeness (QED) is 0.831. The number of aliphatic hydroxyl groups excluding tert-OH is 1. The number of hydrogen-bond donors (Lipinski definition) is 1. The fraction of sp³-hybridized carbons (Fsp3) is 1.00. The summed E-state index contributed by atoms with van der Waals surface area (Å²) < 4.78 is 0. The van der Waals surface area contributed by atoms with Gasteiger partial charge in [-0.25, -0.2) is 0 Å². The third-order valence-corrected chi connectivity index (χ3v) is 4.94. The minimum absolute atomic E-state index is 0.118. The second-order valence-electron chi connectivity index (χ2n) is 7.01. The normalized spacial score (nSPS) is 28.7. The first-order chi connectivity index (χ1) is 8.47. The van der Waals surface area contributed by atoms with E-state index in [4.69, 9.17) is 0 Å². The molecule has 1 unspecified atom stereocenters. The highest BCUT2D eigenvalue weighted by atomic mass is 16.3. The van der Waals surface area contributed by atoms with Gasteiger partial charge in [-0.2, -0.15) is 0 Å². The van der Waals surface area contributed by atoms with Crippen LogP contribution in [0, 0.1) is 5.92 Å². The highest BCUT2D eigenvalue weighted by Crippen LogP contribution is 2.29. The van der Waals surface area contributed by atoms with E-state index < -0.39 is 0 Å². The molecule has 1 aliphatic carbocycles. The van der Waals surface area contributed by atoms with Crippen molar-refractivity contribution in [3.05, 3.63) is 0 Å². The van der Waals surface area contributed by atoms with Gasteiger partial charge in [0.15, 0.2) is 0 Å². The van der Waals surface area contributed by atoms with Crippen LogP contribution in [0.2, 0.25) is 0 Å². The molecule has 1 aliphatic heterocycles. The first-order valence-corrected chi connectivity index (χ1v) is 7.59. The Kier molecular flexibility index (Phi) is 4.68. The minimum atomic E-state index is -0.118. The Hall–Kier alpha value is -0.120. The summed E-state index contributed by atoms with van der Waals surface area (Å²) >= 11 is 0. The van der Waals surface area contributed by atoms with E-state index >= 15 is 0 Å². The van der Waals surface area contributed by atoms with Crippen molar-refractivity contribution in [1.82, 2.24) is 9.80 Å². The Morgan fingerprint density at radius 2 is 1.89 bits per heavy atom. The van der Waals surface area contributed by atoms with Crippen LogP contribution in [-0.4, -0.2) is 59.8 Å². The summed E-state index contributed by atoms with van der Waals surface area (Å²) in [5.74, 6) is 0.792. The molecular formula is C15H30N2O. The van der Waals surface area contributed by atoms with E-state index in [9.17, 15) is 5.11 Å². The van der Waals surface area contributed by atoms with Crippen LogP contribution in [-0.2, 0) is 0 Å². The van der Waals surface area contributed by atoms with Crippen molar-refractivity contribution < 1.29 is 5.11 Å². The molecule has 0 bridgehead atoms. The molecule has 0 radical (unpaired) electrons. The van der Waals surface area contributed by atoms with E-state index in [1.807, 2.05) is 0 Å². The molecule has 2 rings (SSSR count). The van der Waals surface area contributed by atoms with Crippen molar-refractivity contribution in [3.63, 3.8) is 0 Å². The van der Waals surface area contributed by atoms with Gasteiger partial charge in [0.2, 0.25) is 0 Å². The largest absolute Gasteiger partial charge is 0.392 e. The van der Waals surface area contributed by atoms with Crippen molar-refractivity contribution >= 4 is 0 Å². The smallest absolute Gasteiger partial charge is 0.0669 e. The summed E-state index contributed by atoms with van der Waals surface area (Å²) in [5, 5.41) is 10.2. The number of rotatable bonds is 4. The van der Waals surface area contributed by atoms with Crippen LogP contribution >= 0.6 is 0 Å². The summed E-state index contributed by atoms with van der Waals surface area (Å²) in [7, 11) is 2.20. The van der Waals surface area contributed by atoms with E-state index in [1.54, 1.807) is 0 Å². The average molecular weight is 254 g/mol. The van der Waals surface area contributed by atoms with E-state index in [0.717, 1.165) is 38.5 Å². The number of hydrogen-bond acceptors (Lipinski definition) is 3. The molecule has 0 aromatic rings. The van der Waals surface area contributed by atoms with Gasteiger partial charge in [0, 0.05) is 31.7 Å². The predicted molar refractivity (Wildman–Crippen MR) is 75.7 cm³/mol. The first-order valence-electron chi connectivity index (χ1n) is 7.59. The Labute approximate surface area is 112 Å². The van der Waals surface area contributed by atoms with E-state index in [2.05, 4.69) is 30.7 Å². The SMILES string of the molecule is CN1CCN(CC(O)CC2CCCC2)CC1(C)C. The second-order valence-corrected chi connectivity index (χ2v) is 7.01. The molecule has 1 heterocycles. The molecule has 18 heavy (non-hydrogen) atoms. The number of β-amino-alcohol motifs (C(OH)–C–C–N with tert-alkyl or cyclic N) is 1. The summed E-state index contributed by atoms with van der Waals surface area (Å²) in [6, 6.07) is 0. The van der Waals surface area contributed by atoms with Crippen LogP contribution < -0.4 is 0 Å². The lowest BCUT2D eigenvalue weighted by atomic mass is 9.97. The Morgan fingerprint density at radius 1 is 1.22 bits per heavy atom. The number of nitrogens with zero attached hydrogens (tertiary/aromatic N) is 2. The molecule has 0 spiro atoms. The summed E-state index contributed by atoms with van der Waals surface area (Å²) in [4.78, 5) is 4.87. The second kappa shape index (κ2) is 5.89. The lowest BCUT2D eigenvalue weighted by Gasteiger charge is -2.45. The molecule has 0 aromatic heterocycles. The van der Waals surface area contributed by atoms with Crippen molar-refractivity contribution in [2.45, 2.75) is 57.6 Å². The number of likely N-dealkylation sites (N-methyl/N-ethyl adjacent to an activating group) is 1. The Balaban J connectivity index is 1.75. The molecule has 0 amide bonds. The third-order valence-electron chi connectivity index (χ3n) is 4.94. The van der Waals surface area contributed by atoms with Crippen molar-refractivity contribution in [2.75, 3.05) is 33.2 Å². The molecule has 0 aromatic carbocycles. The van der Waals surface area contributed by atoms with E-state index in [1.165, 1.54) is 25.7 Å². The number of piperazine rings is 1. The standard InChI is InChI=1S/C15H30N2O/c1-15(2)12-17(9-8-16(15)3)11-14(18)10-13-6-4-5-7-13/h13-14,18H,4-12H2,1-3H3. The summed E-state index contributed by atoms with van der Waals surface area (Å²) in [5.41, 5.74) is 0.241. The zero-order valence-corrected chi connectivity index (χ0v) is 12.4. The zero-order valence-electron chi connectivity index (χ0n) is 12.4. The number of aliphatic hydroxyl groups is 1. The molecule has 3 heteroatoms. The molecule has 2 aliphatic rings. The Morgan fingerprint density at radius 3 is 2.50 bits per heavy atom. The zero-order chi connectivity index (χ0) is 13.2. The lowest BCUT2D eigenvalue weighted by molar-refractivity contribution is 0.00967. The molecule has 106 valence electrons. The van der Waals surface area contributed by atoms with Gasteiger partial charge in [-0.15, -0.1) is 0 Å².